The van der Waals surface area contributed by atoms with Crippen LogP contribution in [0.15, 0.2) is 28.7 Å². The first kappa shape index (κ1) is 14.0. The molecule has 2 rings (SSSR count). The van der Waals surface area contributed by atoms with Crippen LogP contribution in [0.25, 0.3) is 0 Å². The summed E-state index contributed by atoms with van der Waals surface area (Å²) in [6.07, 6.45) is 0. The number of aryl methyl sites for hydroxylation is 2. The first-order valence-corrected chi connectivity index (χ1v) is 6.15. The van der Waals surface area contributed by atoms with Crippen molar-refractivity contribution in [2.75, 3.05) is 19.5 Å². The predicted molar refractivity (Wildman–Crippen MR) is 75.7 cm³/mol. The number of nitrogens with one attached hydrogen (secondary N) is 1. The van der Waals surface area contributed by atoms with Crippen LogP contribution in [0.4, 0.5) is 5.69 Å². The molecule has 106 valence electrons. The van der Waals surface area contributed by atoms with Crippen molar-refractivity contribution in [3.8, 4) is 11.5 Å². The van der Waals surface area contributed by atoms with Gasteiger partial charge in [-0.25, -0.2) is 0 Å². The number of anilines is 1. The second kappa shape index (κ2) is 5.69. The molecular weight excluding hydrogens is 258 g/mol. The molecule has 5 heteroatoms. The maximum absolute atomic E-state index is 12.2. The number of hydrogen-bond donors (Lipinski definition) is 1. The fraction of sp³-hybridized carbons (Fsp3) is 0.267. The monoisotopic (exact) mass is 275 g/mol. The molecule has 0 radical (unpaired) electrons. The summed E-state index contributed by atoms with van der Waals surface area (Å²) in [5.74, 6) is 2.26. The van der Waals surface area contributed by atoms with E-state index in [1.807, 2.05) is 0 Å². The topological polar surface area (TPSA) is 60.7 Å². The Morgan fingerprint density at radius 3 is 2.35 bits per heavy atom. The van der Waals surface area contributed by atoms with Gasteiger partial charge in [-0.3, -0.25) is 4.79 Å². The van der Waals surface area contributed by atoms with E-state index in [2.05, 4.69) is 5.32 Å². The van der Waals surface area contributed by atoms with Gasteiger partial charge in [-0.2, -0.15) is 0 Å². The average Bonchev–Trinajstić information content (AvgIpc) is 2.77. The standard InChI is InChI=1S/C15H17NO4/c1-9-7-12(10(2)20-9)15(17)16-11-5-6-13(18-3)14(8-11)19-4/h5-8H,1-4H3,(H,16,17). The highest BCUT2D eigenvalue weighted by Crippen LogP contribution is 2.30. The molecular formula is C15H17NO4. The lowest BCUT2D eigenvalue weighted by Crippen LogP contribution is -2.12. The third kappa shape index (κ3) is 2.77. The zero-order chi connectivity index (χ0) is 14.7. The number of carbonyl (C=O) groups is 1. The molecule has 1 heterocycles. The van der Waals surface area contributed by atoms with Crippen LogP contribution in [0.5, 0.6) is 11.5 Å². The average molecular weight is 275 g/mol. The summed E-state index contributed by atoms with van der Waals surface area (Å²) in [6.45, 7) is 3.57. The molecule has 1 N–H and O–H groups in total. The first-order valence-electron chi connectivity index (χ1n) is 6.15. The van der Waals surface area contributed by atoms with Crippen molar-refractivity contribution < 1.29 is 18.7 Å². The largest absolute Gasteiger partial charge is 0.493 e. The van der Waals surface area contributed by atoms with E-state index in [0.717, 1.165) is 0 Å². The van der Waals surface area contributed by atoms with Gasteiger partial charge in [-0.05, 0) is 32.0 Å². The number of furan rings is 1. The van der Waals surface area contributed by atoms with Gasteiger partial charge in [-0.1, -0.05) is 0 Å². The van der Waals surface area contributed by atoms with E-state index >= 15 is 0 Å². The summed E-state index contributed by atoms with van der Waals surface area (Å²) in [6, 6.07) is 6.91. The Bertz CT molecular complexity index is 631. The highest BCUT2D eigenvalue weighted by molar-refractivity contribution is 6.05. The van der Waals surface area contributed by atoms with Gasteiger partial charge in [0.05, 0.1) is 19.8 Å². The van der Waals surface area contributed by atoms with Crippen molar-refractivity contribution in [3.05, 3.63) is 41.3 Å². The highest BCUT2D eigenvalue weighted by atomic mass is 16.5. The predicted octanol–water partition coefficient (Wildman–Crippen LogP) is 3.17. The van der Waals surface area contributed by atoms with Crippen molar-refractivity contribution in [1.29, 1.82) is 0 Å². The molecule has 5 nitrogen and oxygen atoms in total. The smallest absolute Gasteiger partial charge is 0.259 e. The number of amides is 1. The van der Waals surface area contributed by atoms with Crippen LogP contribution in [0.1, 0.15) is 21.9 Å². The van der Waals surface area contributed by atoms with Crippen LogP contribution >= 0.6 is 0 Å². The fourth-order valence-corrected chi connectivity index (χ4v) is 1.97. The number of carbonyl (C=O) groups excluding carboxylic acids is 1. The fourth-order valence-electron chi connectivity index (χ4n) is 1.97. The lowest BCUT2D eigenvalue weighted by molar-refractivity contribution is 0.102. The molecule has 0 spiro atoms. The van der Waals surface area contributed by atoms with E-state index in [1.54, 1.807) is 52.3 Å². The lowest BCUT2D eigenvalue weighted by Gasteiger charge is -2.10. The molecule has 1 aromatic carbocycles. The minimum atomic E-state index is -0.216. The number of methoxy groups -OCH3 is 2. The zero-order valence-electron chi connectivity index (χ0n) is 11.9. The van der Waals surface area contributed by atoms with Gasteiger partial charge in [0.25, 0.3) is 5.91 Å². The van der Waals surface area contributed by atoms with Gasteiger partial charge in [0.1, 0.15) is 11.5 Å². The molecule has 0 saturated heterocycles. The second-order valence-corrected chi connectivity index (χ2v) is 4.35. The molecule has 1 amide bonds. The SMILES string of the molecule is COc1ccc(NC(=O)c2cc(C)oc2C)cc1OC. The van der Waals surface area contributed by atoms with E-state index in [4.69, 9.17) is 13.9 Å². The van der Waals surface area contributed by atoms with Crippen LogP contribution in [0.3, 0.4) is 0 Å². The Balaban J connectivity index is 2.22. The Labute approximate surface area is 117 Å². The molecule has 0 aliphatic heterocycles. The van der Waals surface area contributed by atoms with Crippen LogP contribution in [0.2, 0.25) is 0 Å². The molecule has 2 aromatic rings. The Hall–Kier alpha value is -2.43. The van der Waals surface area contributed by atoms with E-state index < -0.39 is 0 Å². The molecule has 0 unspecified atom stereocenters. The summed E-state index contributed by atoms with van der Waals surface area (Å²) >= 11 is 0. The third-order valence-corrected chi connectivity index (χ3v) is 2.93. The normalized spacial score (nSPS) is 10.2. The van der Waals surface area contributed by atoms with Gasteiger partial charge in [0.2, 0.25) is 0 Å². The molecule has 0 fully saturated rings. The maximum Gasteiger partial charge on any atom is 0.259 e. The van der Waals surface area contributed by atoms with E-state index in [0.29, 0.717) is 34.3 Å². The van der Waals surface area contributed by atoms with Gasteiger partial charge in [0.15, 0.2) is 11.5 Å². The number of ether oxygens (including phenoxy) is 2. The Morgan fingerprint density at radius 2 is 1.80 bits per heavy atom. The summed E-state index contributed by atoms with van der Waals surface area (Å²) in [5.41, 5.74) is 1.16. The summed E-state index contributed by atoms with van der Waals surface area (Å²) < 4.78 is 15.7. The molecule has 0 aliphatic carbocycles. The van der Waals surface area contributed by atoms with Crippen LogP contribution in [0, 0.1) is 13.8 Å². The molecule has 20 heavy (non-hydrogen) atoms. The molecule has 0 saturated carbocycles. The quantitative estimate of drug-likeness (QED) is 0.931. The van der Waals surface area contributed by atoms with Gasteiger partial charge >= 0.3 is 0 Å². The number of benzene rings is 1. The molecule has 0 atom stereocenters. The molecule has 0 bridgehead atoms. The van der Waals surface area contributed by atoms with E-state index in [1.165, 1.54) is 0 Å². The van der Waals surface area contributed by atoms with Crippen molar-refractivity contribution in [2.45, 2.75) is 13.8 Å². The van der Waals surface area contributed by atoms with Crippen LogP contribution in [-0.2, 0) is 0 Å². The second-order valence-electron chi connectivity index (χ2n) is 4.35. The van der Waals surface area contributed by atoms with E-state index in [9.17, 15) is 4.79 Å². The Kier molecular flexibility index (Phi) is 3.98. The minimum absolute atomic E-state index is 0.216. The minimum Gasteiger partial charge on any atom is -0.493 e. The van der Waals surface area contributed by atoms with Gasteiger partial charge in [0, 0.05) is 11.8 Å². The Morgan fingerprint density at radius 1 is 1.10 bits per heavy atom. The van der Waals surface area contributed by atoms with Crippen LogP contribution in [-0.4, -0.2) is 20.1 Å². The van der Waals surface area contributed by atoms with Gasteiger partial charge in [-0.15, -0.1) is 0 Å². The highest BCUT2D eigenvalue weighted by Gasteiger charge is 2.14. The van der Waals surface area contributed by atoms with Gasteiger partial charge < -0.3 is 19.2 Å². The summed E-state index contributed by atoms with van der Waals surface area (Å²) in [7, 11) is 3.11. The molecule has 1 aromatic heterocycles. The van der Waals surface area contributed by atoms with Crippen molar-refractivity contribution in [1.82, 2.24) is 0 Å². The lowest BCUT2D eigenvalue weighted by atomic mass is 10.2. The van der Waals surface area contributed by atoms with Crippen molar-refractivity contribution >= 4 is 11.6 Å². The first-order chi connectivity index (χ1) is 9.55. The summed E-state index contributed by atoms with van der Waals surface area (Å²) in [4.78, 5) is 12.2. The van der Waals surface area contributed by atoms with Crippen molar-refractivity contribution in [3.63, 3.8) is 0 Å². The maximum atomic E-state index is 12.2. The third-order valence-electron chi connectivity index (χ3n) is 2.93. The molecule has 0 aliphatic rings. The van der Waals surface area contributed by atoms with E-state index in [-0.39, 0.29) is 5.91 Å². The number of rotatable bonds is 4. The van der Waals surface area contributed by atoms with Crippen LogP contribution < -0.4 is 14.8 Å². The van der Waals surface area contributed by atoms with Crippen molar-refractivity contribution in [2.24, 2.45) is 0 Å². The summed E-state index contributed by atoms with van der Waals surface area (Å²) in [5, 5.41) is 2.80. The zero-order valence-corrected chi connectivity index (χ0v) is 11.9. The number of hydrogen-bond acceptors (Lipinski definition) is 4.